The molecule has 2 aromatic rings. The van der Waals surface area contributed by atoms with Gasteiger partial charge in [-0.3, -0.25) is 0 Å². The molecule has 0 saturated heterocycles. The third kappa shape index (κ3) is 3.99. The zero-order chi connectivity index (χ0) is 16.3. The van der Waals surface area contributed by atoms with Crippen molar-refractivity contribution in [1.29, 1.82) is 0 Å². The predicted octanol–water partition coefficient (Wildman–Crippen LogP) is 4.08. The molecule has 8 heteroatoms. The van der Waals surface area contributed by atoms with Crippen molar-refractivity contribution >= 4 is 29.2 Å². The number of hydrogen-bond donors (Lipinski definition) is 1. The number of aromatic nitrogens is 1. The molecule has 1 aromatic heterocycles. The summed E-state index contributed by atoms with van der Waals surface area (Å²) in [6.07, 6.45) is 1.25. The van der Waals surface area contributed by atoms with Crippen LogP contribution in [0.3, 0.4) is 0 Å². The highest BCUT2D eigenvalue weighted by Crippen LogP contribution is 2.28. The summed E-state index contributed by atoms with van der Waals surface area (Å²) in [4.78, 5) is 14.6. The summed E-state index contributed by atoms with van der Waals surface area (Å²) in [5.74, 6) is -1.75. The van der Waals surface area contributed by atoms with E-state index in [-0.39, 0.29) is 22.4 Å². The third-order valence-electron chi connectivity index (χ3n) is 2.50. The van der Waals surface area contributed by atoms with Crippen LogP contribution in [0, 0.1) is 5.82 Å². The predicted molar refractivity (Wildman–Crippen MR) is 78.2 cm³/mol. The molecule has 116 valence electrons. The number of hydrogen-bond acceptors (Lipinski definition) is 4. The van der Waals surface area contributed by atoms with Crippen LogP contribution in [0.5, 0.6) is 17.4 Å². The van der Waals surface area contributed by atoms with Crippen molar-refractivity contribution in [3.8, 4) is 17.4 Å². The standard InChI is InChI=1S/C14H10Cl2FNO4/c1-14(16,13(19)20)22-10-4-2-9(3-5-10)21-12-11(17)6-8(15)7-18-12/h2-7H,1H3,(H,19,20). The summed E-state index contributed by atoms with van der Waals surface area (Å²) >= 11 is 11.3. The van der Waals surface area contributed by atoms with Gasteiger partial charge < -0.3 is 14.6 Å². The van der Waals surface area contributed by atoms with Crippen molar-refractivity contribution in [1.82, 2.24) is 4.98 Å². The SMILES string of the molecule is CC(Cl)(Oc1ccc(Oc2ncc(Cl)cc2F)cc1)C(=O)O. The Morgan fingerprint density at radius 2 is 1.91 bits per heavy atom. The highest BCUT2D eigenvalue weighted by Gasteiger charge is 2.32. The van der Waals surface area contributed by atoms with Crippen LogP contribution in [-0.2, 0) is 4.79 Å². The maximum Gasteiger partial charge on any atom is 0.363 e. The van der Waals surface area contributed by atoms with Gasteiger partial charge in [0.15, 0.2) is 5.82 Å². The molecule has 0 saturated carbocycles. The molecule has 0 aliphatic rings. The quantitative estimate of drug-likeness (QED) is 0.826. The Kier molecular flexibility index (Phi) is 4.73. The van der Waals surface area contributed by atoms with Crippen LogP contribution < -0.4 is 9.47 Å². The number of carboxylic acids is 1. The molecule has 0 spiro atoms. The number of carbonyl (C=O) groups is 1. The van der Waals surface area contributed by atoms with Gasteiger partial charge in [0.25, 0.3) is 10.9 Å². The molecule has 22 heavy (non-hydrogen) atoms. The smallest absolute Gasteiger partial charge is 0.363 e. The number of carboxylic acid groups (broad SMARTS) is 1. The fourth-order valence-corrected chi connectivity index (χ4v) is 1.66. The minimum atomic E-state index is -1.88. The summed E-state index contributed by atoms with van der Waals surface area (Å²) in [7, 11) is 0. The van der Waals surface area contributed by atoms with Gasteiger partial charge in [-0.2, -0.15) is 0 Å². The van der Waals surface area contributed by atoms with Gasteiger partial charge in [0, 0.05) is 13.1 Å². The maximum atomic E-state index is 13.5. The van der Waals surface area contributed by atoms with Crippen LogP contribution in [0.15, 0.2) is 36.5 Å². The first kappa shape index (κ1) is 16.3. The lowest BCUT2D eigenvalue weighted by Gasteiger charge is -2.19. The van der Waals surface area contributed by atoms with E-state index >= 15 is 0 Å². The molecular formula is C14H10Cl2FNO4. The second-order valence-corrected chi connectivity index (χ2v) is 5.50. The van der Waals surface area contributed by atoms with Gasteiger partial charge in [0.05, 0.1) is 5.02 Å². The van der Waals surface area contributed by atoms with Crippen LogP contribution in [0.1, 0.15) is 6.92 Å². The summed E-state index contributed by atoms with van der Waals surface area (Å²) in [5, 5.41) is 7.14. The maximum absolute atomic E-state index is 13.5. The lowest BCUT2D eigenvalue weighted by Crippen LogP contribution is -2.35. The van der Waals surface area contributed by atoms with Gasteiger partial charge in [0.1, 0.15) is 11.5 Å². The van der Waals surface area contributed by atoms with E-state index < -0.39 is 16.8 Å². The molecule has 1 unspecified atom stereocenters. The number of nitrogens with zero attached hydrogens (tertiary/aromatic N) is 1. The van der Waals surface area contributed by atoms with E-state index in [4.69, 9.17) is 37.8 Å². The topological polar surface area (TPSA) is 68.7 Å². The first-order valence-corrected chi connectivity index (χ1v) is 6.74. The molecule has 0 fully saturated rings. The molecule has 1 aromatic carbocycles. The summed E-state index contributed by atoms with van der Waals surface area (Å²) in [6, 6.07) is 6.87. The van der Waals surface area contributed by atoms with Crippen LogP contribution >= 0.6 is 23.2 Å². The number of alkyl halides is 1. The number of benzene rings is 1. The zero-order valence-electron chi connectivity index (χ0n) is 11.2. The molecule has 0 bridgehead atoms. The Morgan fingerprint density at radius 1 is 1.32 bits per heavy atom. The van der Waals surface area contributed by atoms with E-state index in [0.717, 1.165) is 6.07 Å². The van der Waals surface area contributed by atoms with Crippen LogP contribution in [-0.4, -0.2) is 21.1 Å². The Bertz CT molecular complexity index is 692. The second kappa shape index (κ2) is 6.37. The van der Waals surface area contributed by atoms with Crippen LogP contribution in [0.2, 0.25) is 5.02 Å². The molecule has 0 radical (unpaired) electrons. The van der Waals surface area contributed by atoms with Gasteiger partial charge in [-0.05, 0) is 30.3 Å². The highest BCUT2D eigenvalue weighted by atomic mass is 35.5. The largest absolute Gasteiger partial charge is 0.477 e. The number of pyridine rings is 1. The van der Waals surface area contributed by atoms with Gasteiger partial charge in [-0.25, -0.2) is 14.2 Å². The number of halogens is 3. The van der Waals surface area contributed by atoms with Gasteiger partial charge >= 0.3 is 5.97 Å². The van der Waals surface area contributed by atoms with E-state index in [1.54, 1.807) is 0 Å². The van der Waals surface area contributed by atoms with Gasteiger partial charge in [-0.15, -0.1) is 0 Å². The number of ether oxygens (including phenoxy) is 2. The number of rotatable bonds is 5. The van der Waals surface area contributed by atoms with Crippen molar-refractivity contribution in [2.24, 2.45) is 0 Å². The monoisotopic (exact) mass is 345 g/mol. The molecule has 1 N–H and O–H groups in total. The first-order valence-electron chi connectivity index (χ1n) is 5.98. The van der Waals surface area contributed by atoms with E-state index in [1.165, 1.54) is 37.4 Å². The molecule has 0 aliphatic heterocycles. The van der Waals surface area contributed by atoms with Gasteiger partial charge in [0.2, 0.25) is 0 Å². The van der Waals surface area contributed by atoms with E-state index in [0.29, 0.717) is 0 Å². The van der Waals surface area contributed by atoms with Crippen molar-refractivity contribution in [2.45, 2.75) is 12.0 Å². The van der Waals surface area contributed by atoms with Crippen molar-refractivity contribution in [3.05, 3.63) is 47.4 Å². The molecule has 2 rings (SSSR count). The highest BCUT2D eigenvalue weighted by molar-refractivity contribution is 6.32. The summed E-state index contributed by atoms with van der Waals surface area (Å²) in [5.41, 5.74) is 0. The number of aliphatic carboxylic acids is 1. The fourth-order valence-electron chi connectivity index (χ4n) is 1.43. The average molecular weight is 346 g/mol. The van der Waals surface area contributed by atoms with E-state index in [1.807, 2.05) is 0 Å². The molecule has 1 heterocycles. The fraction of sp³-hybridized carbons (Fsp3) is 0.143. The van der Waals surface area contributed by atoms with E-state index in [9.17, 15) is 9.18 Å². The molecule has 0 amide bonds. The molecular weight excluding hydrogens is 336 g/mol. The minimum absolute atomic E-state index is 0.156. The zero-order valence-corrected chi connectivity index (χ0v) is 12.7. The van der Waals surface area contributed by atoms with Crippen molar-refractivity contribution in [2.75, 3.05) is 0 Å². The Morgan fingerprint density at radius 3 is 2.45 bits per heavy atom. The first-order chi connectivity index (χ1) is 10.3. The molecule has 1 atom stereocenters. The van der Waals surface area contributed by atoms with Crippen molar-refractivity contribution < 1.29 is 23.8 Å². The lowest BCUT2D eigenvalue weighted by atomic mass is 10.3. The van der Waals surface area contributed by atoms with Crippen LogP contribution in [0.4, 0.5) is 4.39 Å². The average Bonchev–Trinajstić information content (AvgIpc) is 2.43. The summed E-state index contributed by atoms with van der Waals surface area (Å²) < 4.78 is 23.9. The van der Waals surface area contributed by atoms with Gasteiger partial charge in [-0.1, -0.05) is 23.2 Å². The van der Waals surface area contributed by atoms with Crippen LogP contribution in [0.25, 0.3) is 0 Å². The Labute approximate surface area is 135 Å². The Hall–Kier alpha value is -2.05. The van der Waals surface area contributed by atoms with E-state index in [2.05, 4.69) is 4.98 Å². The third-order valence-corrected chi connectivity index (χ3v) is 2.95. The second-order valence-electron chi connectivity index (χ2n) is 4.34. The normalized spacial score (nSPS) is 13.3. The Balaban J connectivity index is 2.11. The molecule has 5 nitrogen and oxygen atoms in total. The molecule has 0 aliphatic carbocycles. The lowest BCUT2D eigenvalue weighted by molar-refractivity contribution is -0.147. The van der Waals surface area contributed by atoms with Crippen molar-refractivity contribution in [3.63, 3.8) is 0 Å². The summed E-state index contributed by atoms with van der Waals surface area (Å²) in [6.45, 7) is 1.20. The minimum Gasteiger partial charge on any atom is -0.477 e.